The summed E-state index contributed by atoms with van der Waals surface area (Å²) in [6.45, 7) is 5.53. The minimum atomic E-state index is -1.15. The molecule has 1 fully saturated rings. The Balaban J connectivity index is 0.000000956. The Morgan fingerprint density at radius 2 is 1.90 bits per heavy atom. The second kappa shape index (κ2) is 8.73. The summed E-state index contributed by atoms with van der Waals surface area (Å²) in [4.78, 5) is 2.03. The quantitative estimate of drug-likeness (QED) is 0.739. The van der Waals surface area contributed by atoms with Crippen molar-refractivity contribution < 1.29 is 8.78 Å². The largest absolute Gasteiger partial charge is 0.300 e. The van der Waals surface area contributed by atoms with Crippen LogP contribution in [-0.2, 0) is 6.42 Å². The first-order valence-corrected chi connectivity index (χ1v) is 8.12. The zero-order chi connectivity index (χ0) is 15.0. The van der Waals surface area contributed by atoms with Crippen LogP contribution in [0.4, 0.5) is 8.78 Å². The maximum Gasteiger partial charge on any atom is 0.128 e. The van der Waals surface area contributed by atoms with E-state index in [1.54, 1.807) is 0 Å². The monoisotopic (exact) mass is 347 g/mol. The van der Waals surface area contributed by atoms with Gasteiger partial charge in [-0.25, -0.2) is 4.39 Å². The first-order valence-electron chi connectivity index (χ1n) is 7.33. The molecule has 0 bridgehead atoms. The lowest BCUT2D eigenvalue weighted by molar-refractivity contribution is 0.164. The van der Waals surface area contributed by atoms with E-state index in [9.17, 15) is 8.78 Å². The maximum atomic E-state index is 14.6. The molecule has 0 N–H and O–H groups in total. The van der Waals surface area contributed by atoms with E-state index >= 15 is 0 Å². The normalized spacial score (nSPS) is 22.4. The fourth-order valence-electron chi connectivity index (χ4n) is 2.50. The lowest BCUT2D eigenvalue weighted by atomic mass is 9.95. The van der Waals surface area contributed by atoms with Gasteiger partial charge in [0.25, 0.3) is 0 Å². The number of alkyl halides is 2. The lowest BCUT2D eigenvalue weighted by Crippen LogP contribution is -2.31. The van der Waals surface area contributed by atoms with Crippen LogP contribution in [-0.4, -0.2) is 36.9 Å². The Bertz CT molecular complexity index is 383. The predicted molar refractivity (Wildman–Crippen MR) is 84.7 cm³/mol. The number of nitrogens with zero attached hydrogens (tertiary/aromatic N) is 1. The van der Waals surface area contributed by atoms with Gasteiger partial charge in [0, 0.05) is 30.5 Å². The van der Waals surface area contributed by atoms with E-state index in [1.165, 1.54) is 0 Å². The molecule has 1 aliphatic heterocycles. The minimum Gasteiger partial charge on any atom is -0.300 e. The van der Waals surface area contributed by atoms with E-state index in [0.717, 1.165) is 16.6 Å². The van der Waals surface area contributed by atoms with E-state index < -0.39 is 5.67 Å². The molecule has 1 saturated heterocycles. The lowest BCUT2D eigenvalue weighted by Gasteiger charge is -2.21. The average molecular weight is 348 g/mol. The molecule has 0 aliphatic carbocycles. The van der Waals surface area contributed by atoms with Gasteiger partial charge >= 0.3 is 0 Å². The number of hydrogen-bond acceptors (Lipinski definition) is 1. The Labute approximate surface area is 129 Å². The molecule has 0 saturated carbocycles. The summed E-state index contributed by atoms with van der Waals surface area (Å²) in [5.41, 5.74) is -0.127. The summed E-state index contributed by atoms with van der Waals surface area (Å²) < 4.78 is 27.7. The van der Waals surface area contributed by atoms with Gasteiger partial charge in [-0.1, -0.05) is 41.9 Å². The van der Waals surface area contributed by atoms with Gasteiger partial charge in [0.2, 0.25) is 0 Å². The molecule has 0 spiro atoms. The molecule has 4 heteroatoms. The van der Waals surface area contributed by atoms with Crippen LogP contribution in [0.3, 0.4) is 0 Å². The fourth-order valence-corrected chi connectivity index (χ4v) is 2.77. The summed E-state index contributed by atoms with van der Waals surface area (Å²) in [6, 6.07) is 7.79. The third-order valence-electron chi connectivity index (χ3n) is 3.43. The molecule has 114 valence electrons. The molecule has 1 heterocycles. The molecule has 0 aromatic heterocycles. The van der Waals surface area contributed by atoms with E-state index in [1.807, 2.05) is 43.0 Å². The van der Waals surface area contributed by atoms with Gasteiger partial charge in [-0.3, -0.25) is 9.29 Å². The molecule has 1 aliphatic rings. The van der Waals surface area contributed by atoms with Gasteiger partial charge in [-0.05, 0) is 30.5 Å². The van der Waals surface area contributed by atoms with E-state index in [4.69, 9.17) is 0 Å². The summed E-state index contributed by atoms with van der Waals surface area (Å²) in [5.74, 6) is 0. The number of likely N-dealkylation sites (tertiary alicyclic amines) is 1. The number of halogens is 3. The molecule has 1 unspecified atom stereocenters. The Morgan fingerprint density at radius 1 is 1.25 bits per heavy atom. The molecule has 1 atom stereocenters. The van der Waals surface area contributed by atoms with Crippen molar-refractivity contribution in [2.75, 3.05) is 26.3 Å². The van der Waals surface area contributed by atoms with Gasteiger partial charge in [0.15, 0.2) is 0 Å². The zero-order valence-corrected chi connectivity index (χ0v) is 13.9. The van der Waals surface area contributed by atoms with Gasteiger partial charge < -0.3 is 0 Å². The maximum absolute atomic E-state index is 14.6. The average Bonchev–Trinajstić information content (AvgIpc) is 2.83. The van der Waals surface area contributed by atoms with Crippen LogP contribution in [0.1, 0.15) is 32.3 Å². The fraction of sp³-hybridized carbons (Fsp3) is 0.625. The molecule has 2 rings (SSSR count). The highest BCUT2D eigenvalue weighted by atomic mass is 79.9. The van der Waals surface area contributed by atoms with Crippen molar-refractivity contribution in [2.45, 2.75) is 38.8 Å². The third-order valence-corrected chi connectivity index (χ3v) is 3.95. The van der Waals surface area contributed by atoms with Gasteiger partial charge in [0.1, 0.15) is 5.67 Å². The Hall–Kier alpha value is -0.480. The van der Waals surface area contributed by atoms with Crippen LogP contribution >= 0.6 is 15.9 Å². The van der Waals surface area contributed by atoms with E-state index in [2.05, 4.69) is 15.9 Å². The summed E-state index contributed by atoms with van der Waals surface area (Å²) in [5, 5.41) is 0. The second-order valence-electron chi connectivity index (χ2n) is 5.02. The standard InChI is InChI=1S/C14H18BrF2N.C2H6/c15-13-4-2-12(3-5-13)10-14(17)6-9-18(11-14)8-1-7-16;1-2/h2-5H,1,6-11H2;1-2H3. The van der Waals surface area contributed by atoms with Crippen molar-refractivity contribution in [3.63, 3.8) is 0 Å². The van der Waals surface area contributed by atoms with Crippen molar-refractivity contribution in [2.24, 2.45) is 0 Å². The third kappa shape index (κ3) is 5.49. The van der Waals surface area contributed by atoms with Crippen LogP contribution in [0, 0.1) is 0 Å². The van der Waals surface area contributed by atoms with Crippen LogP contribution in [0.5, 0.6) is 0 Å². The van der Waals surface area contributed by atoms with Gasteiger partial charge in [-0.2, -0.15) is 0 Å². The number of rotatable bonds is 5. The van der Waals surface area contributed by atoms with Crippen LogP contribution < -0.4 is 0 Å². The van der Waals surface area contributed by atoms with Crippen molar-refractivity contribution >= 4 is 15.9 Å². The molecule has 1 nitrogen and oxygen atoms in total. The van der Waals surface area contributed by atoms with E-state index in [-0.39, 0.29) is 6.67 Å². The van der Waals surface area contributed by atoms with Crippen LogP contribution in [0.15, 0.2) is 28.7 Å². The summed E-state index contributed by atoms with van der Waals surface area (Å²) in [6.07, 6.45) is 1.51. The van der Waals surface area contributed by atoms with Gasteiger partial charge in [-0.15, -0.1) is 0 Å². The van der Waals surface area contributed by atoms with Crippen molar-refractivity contribution in [1.29, 1.82) is 0 Å². The highest BCUT2D eigenvalue weighted by molar-refractivity contribution is 9.10. The predicted octanol–water partition coefficient (Wildman–Crippen LogP) is 4.79. The molecular formula is C16H24BrF2N. The number of hydrogen-bond donors (Lipinski definition) is 0. The smallest absolute Gasteiger partial charge is 0.128 e. The topological polar surface area (TPSA) is 3.24 Å². The zero-order valence-electron chi connectivity index (χ0n) is 12.3. The Kier molecular flexibility index (Phi) is 7.67. The molecular weight excluding hydrogens is 324 g/mol. The minimum absolute atomic E-state index is 0.317. The first kappa shape index (κ1) is 17.6. The van der Waals surface area contributed by atoms with Gasteiger partial charge in [0.05, 0.1) is 6.67 Å². The number of benzene rings is 1. The SMILES string of the molecule is CC.FCCCN1CCC(F)(Cc2ccc(Br)cc2)C1. The molecule has 20 heavy (non-hydrogen) atoms. The highest BCUT2D eigenvalue weighted by Crippen LogP contribution is 2.30. The summed E-state index contributed by atoms with van der Waals surface area (Å²) in [7, 11) is 0. The Morgan fingerprint density at radius 3 is 2.50 bits per heavy atom. The second-order valence-corrected chi connectivity index (χ2v) is 5.94. The van der Waals surface area contributed by atoms with Crippen LogP contribution in [0.2, 0.25) is 0 Å². The molecule has 1 aromatic carbocycles. The van der Waals surface area contributed by atoms with Crippen molar-refractivity contribution in [3.05, 3.63) is 34.3 Å². The van der Waals surface area contributed by atoms with Crippen molar-refractivity contribution in [3.8, 4) is 0 Å². The highest BCUT2D eigenvalue weighted by Gasteiger charge is 2.37. The van der Waals surface area contributed by atoms with E-state index in [0.29, 0.717) is 32.4 Å². The molecule has 1 aromatic rings. The first-order chi connectivity index (χ1) is 9.61. The molecule has 0 amide bonds. The van der Waals surface area contributed by atoms with Crippen LogP contribution in [0.25, 0.3) is 0 Å². The summed E-state index contributed by atoms with van der Waals surface area (Å²) >= 11 is 3.37. The molecule has 0 radical (unpaired) electrons. The van der Waals surface area contributed by atoms with Crippen molar-refractivity contribution in [1.82, 2.24) is 4.90 Å².